The maximum atomic E-state index is 12.3. The van der Waals surface area contributed by atoms with Crippen molar-refractivity contribution in [3.8, 4) is 11.5 Å². The van der Waals surface area contributed by atoms with Crippen molar-refractivity contribution in [2.45, 2.75) is 13.3 Å². The van der Waals surface area contributed by atoms with Gasteiger partial charge in [0.15, 0.2) is 0 Å². The lowest BCUT2D eigenvalue weighted by Crippen LogP contribution is -2.42. The number of amides is 2. The highest BCUT2D eigenvalue weighted by Gasteiger charge is 2.22. The third-order valence-corrected chi connectivity index (χ3v) is 4.33. The molecule has 7 nitrogen and oxygen atoms in total. The quantitative estimate of drug-likeness (QED) is 0.765. The van der Waals surface area contributed by atoms with Crippen LogP contribution in [0.4, 0.5) is 5.69 Å². The molecule has 8 heteroatoms. The highest BCUT2D eigenvalue weighted by Crippen LogP contribution is 2.38. The van der Waals surface area contributed by atoms with Gasteiger partial charge in [-0.2, -0.15) is 0 Å². The first-order valence-corrected chi connectivity index (χ1v) is 8.41. The lowest BCUT2D eigenvalue weighted by atomic mass is 10.2. The summed E-state index contributed by atoms with van der Waals surface area (Å²) in [6.45, 7) is 3.94. The summed E-state index contributed by atoms with van der Waals surface area (Å²) in [4.78, 5) is 27.7. The highest BCUT2D eigenvalue weighted by molar-refractivity contribution is 6.32. The molecule has 1 aromatic rings. The van der Waals surface area contributed by atoms with Gasteiger partial charge >= 0.3 is 0 Å². The lowest BCUT2D eigenvalue weighted by molar-refractivity contribution is -0.135. The summed E-state index contributed by atoms with van der Waals surface area (Å²) in [7, 11) is 3.00. The Morgan fingerprint density at radius 2 is 1.84 bits per heavy atom. The zero-order chi connectivity index (χ0) is 18.4. The van der Waals surface area contributed by atoms with Gasteiger partial charge in [0, 0.05) is 45.1 Å². The van der Waals surface area contributed by atoms with Crippen LogP contribution in [0.25, 0.3) is 0 Å². The van der Waals surface area contributed by atoms with Gasteiger partial charge in [0.1, 0.15) is 11.5 Å². The van der Waals surface area contributed by atoms with Gasteiger partial charge in [-0.05, 0) is 0 Å². The zero-order valence-electron chi connectivity index (χ0n) is 14.7. The van der Waals surface area contributed by atoms with E-state index in [4.69, 9.17) is 25.8 Å². The van der Waals surface area contributed by atoms with Crippen LogP contribution in [-0.2, 0) is 14.3 Å². The second-order valence-electron chi connectivity index (χ2n) is 5.57. The topological polar surface area (TPSA) is 68.3 Å². The number of hydrogen-bond acceptors (Lipinski definition) is 5. The fourth-order valence-electron chi connectivity index (χ4n) is 2.68. The van der Waals surface area contributed by atoms with E-state index in [1.165, 1.54) is 26.0 Å². The average Bonchev–Trinajstić information content (AvgIpc) is 2.62. The maximum Gasteiger partial charge on any atom is 0.224 e. The van der Waals surface area contributed by atoms with E-state index >= 15 is 0 Å². The first kappa shape index (κ1) is 19.3. The van der Waals surface area contributed by atoms with E-state index in [1.807, 2.05) is 0 Å². The van der Waals surface area contributed by atoms with Crippen LogP contribution >= 0.6 is 11.6 Å². The number of anilines is 1. The third kappa shape index (κ3) is 4.76. The SMILES string of the molecule is COc1cc(N(CCC(=O)N2CCOCC2)C(C)=O)c(OC)cc1Cl. The molecular formula is C17H23ClN2O5. The first-order chi connectivity index (χ1) is 12.0. The standard InChI is InChI=1S/C17H23ClN2O5/c1-12(21)20(5-4-17(22)19-6-8-25-9-7-19)14-11-15(23-2)13(18)10-16(14)24-3/h10-11H,4-9H2,1-3H3. The molecule has 1 aromatic carbocycles. The van der Waals surface area contributed by atoms with Gasteiger partial charge in [-0.25, -0.2) is 0 Å². The molecule has 1 aliphatic heterocycles. The van der Waals surface area contributed by atoms with Crippen molar-refractivity contribution in [2.75, 3.05) is 52.0 Å². The van der Waals surface area contributed by atoms with Crippen LogP contribution < -0.4 is 14.4 Å². The van der Waals surface area contributed by atoms with Crippen molar-refractivity contribution in [2.24, 2.45) is 0 Å². The van der Waals surface area contributed by atoms with Crippen molar-refractivity contribution in [3.63, 3.8) is 0 Å². The molecule has 0 radical (unpaired) electrons. The van der Waals surface area contributed by atoms with Gasteiger partial charge < -0.3 is 24.0 Å². The van der Waals surface area contributed by atoms with Crippen LogP contribution in [0.2, 0.25) is 5.02 Å². The molecule has 1 heterocycles. The molecule has 2 amide bonds. The van der Waals surface area contributed by atoms with E-state index in [1.54, 1.807) is 17.0 Å². The normalized spacial score (nSPS) is 14.2. The molecule has 0 N–H and O–H groups in total. The molecule has 0 unspecified atom stereocenters. The van der Waals surface area contributed by atoms with Crippen LogP contribution in [-0.4, -0.2) is 63.8 Å². The van der Waals surface area contributed by atoms with E-state index in [2.05, 4.69) is 0 Å². The number of methoxy groups -OCH3 is 2. The summed E-state index contributed by atoms with van der Waals surface area (Å²) >= 11 is 6.11. The first-order valence-electron chi connectivity index (χ1n) is 8.03. The van der Waals surface area contributed by atoms with Crippen LogP contribution in [0, 0.1) is 0 Å². The molecule has 1 aliphatic rings. The molecule has 1 fully saturated rings. The average molecular weight is 371 g/mol. The van der Waals surface area contributed by atoms with E-state index in [0.717, 1.165) is 0 Å². The molecule has 0 aromatic heterocycles. The fourth-order valence-corrected chi connectivity index (χ4v) is 2.91. The molecule has 0 saturated carbocycles. The van der Waals surface area contributed by atoms with Crippen molar-refractivity contribution in [1.82, 2.24) is 4.90 Å². The second kappa shape index (κ2) is 8.92. The Balaban J connectivity index is 2.17. The predicted molar refractivity (Wildman–Crippen MR) is 94.6 cm³/mol. The monoisotopic (exact) mass is 370 g/mol. The van der Waals surface area contributed by atoms with Crippen LogP contribution in [0.1, 0.15) is 13.3 Å². The van der Waals surface area contributed by atoms with Crippen LogP contribution in [0.3, 0.4) is 0 Å². The number of ether oxygens (including phenoxy) is 3. The molecule has 0 spiro atoms. The Bertz CT molecular complexity index is 632. The van der Waals surface area contributed by atoms with Gasteiger partial charge in [0.25, 0.3) is 0 Å². The van der Waals surface area contributed by atoms with E-state index in [-0.39, 0.29) is 24.8 Å². The summed E-state index contributed by atoms with van der Waals surface area (Å²) in [5.74, 6) is 0.676. The zero-order valence-corrected chi connectivity index (χ0v) is 15.5. The molecule has 0 bridgehead atoms. The summed E-state index contributed by atoms with van der Waals surface area (Å²) in [6, 6.07) is 3.23. The minimum atomic E-state index is -0.197. The van der Waals surface area contributed by atoms with Gasteiger partial charge in [-0.15, -0.1) is 0 Å². The van der Waals surface area contributed by atoms with Crippen molar-refractivity contribution in [1.29, 1.82) is 0 Å². The molecule has 1 saturated heterocycles. The molecule has 0 atom stereocenters. The number of benzene rings is 1. The van der Waals surface area contributed by atoms with E-state index in [0.29, 0.717) is 48.5 Å². The number of carbonyl (C=O) groups is 2. The second-order valence-corrected chi connectivity index (χ2v) is 5.98. The molecule has 0 aliphatic carbocycles. The fraction of sp³-hybridized carbons (Fsp3) is 0.529. The van der Waals surface area contributed by atoms with Crippen molar-refractivity contribution < 1.29 is 23.8 Å². The Morgan fingerprint density at radius 1 is 1.20 bits per heavy atom. The number of halogens is 1. The van der Waals surface area contributed by atoms with Crippen molar-refractivity contribution >= 4 is 29.1 Å². The summed E-state index contributed by atoms with van der Waals surface area (Å²) < 4.78 is 15.8. The van der Waals surface area contributed by atoms with Gasteiger partial charge in [-0.1, -0.05) is 11.6 Å². The van der Waals surface area contributed by atoms with Gasteiger partial charge in [0.2, 0.25) is 11.8 Å². The number of rotatable bonds is 6. The predicted octanol–water partition coefficient (Wildman–Crippen LogP) is 1.96. The maximum absolute atomic E-state index is 12.3. The Kier molecular flexibility index (Phi) is 6.90. The lowest BCUT2D eigenvalue weighted by Gasteiger charge is -2.29. The smallest absolute Gasteiger partial charge is 0.224 e. The van der Waals surface area contributed by atoms with Crippen LogP contribution in [0.5, 0.6) is 11.5 Å². The minimum Gasteiger partial charge on any atom is -0.495 e. The third-order valence-electron chi connectivity index (χ3n) is 4.04. The van der Waals surface area contributed by atoms with Crippen molar-refractivity contribution in [3.05, 3.63) is 17.2 Å². The van der Waals surface area contributed by atoms with Gasteiger partial charge in [-0.3, -0.25) is 9.59 Å². The van der Waals surface area contributed by atoms with E-state index in [9.17, 15) is 9.59 Å². The Labute approximate surface area is 152 Å². The summed E-state index contributed by atoms with van der Waals surface area (Å²) in [6.07, 6.45) is 0.216. The number of hydrogen-bond donors (Lipinski definition) is 0. The molecule has 25 heavy (non-hydrogen) atoms. The summed E-state index contributed by atoms with van der Waals surface area (Å²) in [5, 5.41) is 0.385. The number of carbonyl (C=O) groups excluding carboxylic acids is 2. The summed E-state index contributed by atoms with van der Waals surface area (Å²) in [5.41, 5.74) is 0.519. The molecule has 2 rings (SSSR count). The van der Waals surface area contributed by atoms with E-state index < -0.39 is 0 Å². The largest absolute Gasteiger partial charge is 0.495 e. The minimum absolute atomic E-state index is 0.00514. The Hall–Kier alpha value is -1.99. The Morgan fingerprint density at radius 3 is 2.40 bits per heavy atom. The van der Waals surface area contributed by atoms with Crippen LogP contribution in [0.15, 0.2) is 12.1 Å². The number of nitrogens with zero attached hydrogens (tertiary/aromatic N) is 2. The molecule has 138 valence electrons. The highest BCUT2D eigenvalue weighted by atomic mass is 35.5. The number of morpholine rings is 1. The van der Waals surface area contributed by atoms with Gasteiger partial charge in [0.05, 0.1) is 38.1 Å². The molecular weight excluding hydrogens is 348 g/mol.